The molecule has 1 heterocycles. The molecule has 0 aliphatic rings. The summed E-state index contributed by atoms with van der Waals surface area (Å²) in [5, 5.41) is 9.80. The first-order valence-electron chi connectivity index (χ1n) is 8.10. The highest BCUT2D eigenvalue weighted by Crippen LogP contribution is 2.23. The molecule has 1 aromatic carbocycles. The van der Waals surface area contributed by atoms with E-state index in [4.69, 9.17) is 10.00 Å². The van der Waals surface area contributed by atoms with Crippen LogP contribution in [0.1, 0.15) is 31.0 Å². The summed E-state index contributed by atoms with van der Waals surface area (Å²) in [5.41, 5.74) is 1.74. The molecular weight excluding hydrogens is 318 g/mol. The number of hydrogen-bond donors (Lipinski definition) is 0. The molecular formula is C19H21N3O3. The van der Waals surface area contributed by atoms with E-state index in [9.17, 15) is 9.59 Å². The lowest BCUT2D eigenvalue weighted by molar-refractivity contribution is -0.137. The molecule has 2 aromatic rings. The third-order valence-electron chi connectivity index (χ3n) is 3.67. The van der Waals surface area contributed by atoms with Crippen molar-refractivity contribution in [3.8, 4) is 6.07 Å². The number of nitriles is 1. The maximum atomic E-state index is 12.5. The van der Waals surface area contributed by atoms with E-state index in [0.717, 1.165) is 18.2 Å². The Bertz CT molecular complexity index is 857. The third kappa shape index (κ3) is 4.27. The molecule has 0 aliphatic heterocycles. The molecule has 25 heavy (non-hydrogen) atoms. The predicted molar refractivity (Wildman–Crippen MR) is 96.0 cm³/mol. The number of fused-ring (bicyclic) bond motifs is 1. The average Bonchev–Trinajstić information content (AvgIpc) is 2.96. The maximum absolute atomic E-state index is 12.5. The summed E-state index contributed by atoms with van der Waals surface area (Å²) in [6.07, 6.45) is 4.63. The fourth-order valence-corrected chi connectivity index (χ4v) is 2.36. The molecule has 0 unspecified atom stereocenters. The summed E-state index contributed by atoms with van der Waals surface area (Å²) in [5.74, 6) is -0.444. The minimum absolute atomic E-state index is 0.237. The Kier molecular flexibility index (Phi) is 5.96. The number of amides is 1. The number of unbranched alkanes of at least 4 members (excludes halogenated alkanes) is 1. The van der Waals surface area contributed by atoms with Gasteiger partial charge in [0.15, 0.2) is 0 Å². The van der Waals surface area contributed by atoms with Crippen LogP contribution in [0.4, 0.5) is 4.79 Å². The smallest absolute Gasteiger partial charge is 0.330 e. The summed E-state index contributed by atoms with van der Waals surface area (Å²) >= 11 is 0. The Morgan fingerprint density at radius 3 is 2.72 bits per heavy atom. The van der Waals surface area contributed by atoms with Crippen molar-refractivity contribution in [2.24, 2.45) is 0 Å². The topological polar surface area (TPSA) is 75.3 Å². The zero-order valence-electron chi connectivity index (χ0n) is 14.7. The van der Waals surface area contributed by atoms with Crippen LogP contribution in [0, 0.1) is 11.3 Å². The highest BCUT2D eigenvalue weighted by Gasteiger charge is 2.16. The first kappa shape index (κ1) is 18.3. The average molecular weight is 339 g/mol. The minimum atomic E-state index is -0.444. The van der Waals surface area contributed by atoms with E-state index in [1.807, 2.05) is 6.92 Å². The number of hydrogen-bond acceptors (Lipinski definition) is 4. The zero-order valence-corrected chi connectivity index (χ0v) is 14.7. The van der Waals surface area contributed by atoms with Crippen LogP contribution in [0.25, 0.3) is 17.0 Å². The van der Waals surface area contributed by atoms with E-state index < -0.39 is 5.97 Å². The molecule has 0 radical (unpaired) electrons. The van der Waals surface area contributed by atoms with Crippen LogP contribution in [0.2, 0.25) is 0 Å². The normalized spacial score (nSPS) is 10.8. The van der Waals surface area contributed by atoms with E-state index in [1.54, 1.807) is 44.4 Å². The Hall–Kier alpha value is -3.07. The van der Waals surface area contributed by atoms with Gasteiger partial charge in [0, 0.05) is 25.6 Å². The number of carbonyl (C=O) groups excluding carboxylic acids is 2. The van der Waals surface area contributed by atoms with Crippen molar-refractivity contribution in [3.63, 3.8) is 0 Å². The van der Waals surface area contributed by atoms with Crippen LogP contribution in [0.15, 0.2) is 30.3 Å². The molecule has 6 heteroatoms. The zero-order chi connectivity index (χ0) is 18.4. The van der Waals surface area contributed by atoms with Crippen molar-refractivity contribution in [1.82, 2.24) is 9.47 Å². The molecule has 0 bridgehead atoms. The number of carbonyl (C=O) groups is 2. The van der Waals surface area contributed by atoms with Gasteiger partial charge in [0.2, 0.25) is 0 Å². The van der Waals surface area contributed by atoms with E-state index in [1.165, 1.54) is 15.5 Å². The minimum Gasteiger partial charge on any atom is -0.463 e. The van der Waals surface area contributed by atoms with Crippen molar-refractivity contribution in [1.29, 1.82) is 5.26 Å². The van der Waals surface area contributed by atoms with Crippen molar-refractivity contribution in [2.75, 3.05) is 20.7 Å². The van der Waals surface area contributed by atoms with Crippen molar-refractivity contribution < 1.29 is 14.3 Å². The van der Waals surface area contributed by atoms with Crippen molar-refractivity contribution in [3.05, 3.63) is 41.6 Å². The van der Waals surface area contributed by atoms with Crippen LogP contribution in [-0.4, -0.2) is 42.2 Å². The van der Waals surface area contributed by atoms with Crippen LogP contribution in [-0.2, 0) is 9.53 Å². The number of aromatic nitrogens is 1. The van der Waals surface area contributed by atoms with Crippen molar-refractivity contribution >= 4 is 29.0 Å². The van der Waals surface area contributed by atoms with Gasteiger partial charge in [-0.3, -0.25) is 4.57 Å². The van der Waals surface area contributed by atoms with Crippen molar-refractivity contribution in [2.45, 2.75) is 19.8 Å². The monoisotopic (exact) mass is 339 g/mol. The maximum Gasteiger partial charge on any atom is 0.330 e. The number of nitrogens with zero attached hydrogens (tertiary/aromatic N) is 3. The summed E-state index contributed by atoms with van der Waals surface area (Å²) in [4.78, 5) is 25.7. The summed E-state index contributed by atoms with van der Waals surface area (Å²) < 4.78 is 6.60. The van der Waals surface area contributed by atoms with Gasteiger partial charge in [-0.1, -0.05) is 13.3 Å². The molecule has 0 N–H and O–H groups in total. The highest BCUT2D eigenvalue weighted by atomic mass is 16.5. The van der Waals surface area contributed by atoms with Gasteiger partial charge in [-0.15, -0.1) is 0 Å². The first-order chi connectivity index (χ1) is 12.0. The summed E-state index contributed by atoms with van der Waals surface area (Å²) in [7, 11) is 3.31. The van der Waals surface area contributed by atoms with Gasteiger partial charge in [-0.05, 0) is 36.8 Å². The van der Waals surface area contributed by atoms with E-state index in [2.05, 4.69) is 6.07 Å². The lowest BCUT2D eigenvalue weighted by Gasteiger charge is -2.13. The molecule has 6 nitrogen and oxygen atoms in total. The number of esters is 1. The van der Waals surface area contributed by atoms with Crippen LogP contribution in [0.3, 0.4) is 0 Å². The van der Waals surface area contributed by atoms with E-state index >= 15 is 0 Å². The Balaban J connectivity index is 2.40. The molecule has 0 fully saturated rings. The lowest BCUT2D eigenvalue weighted by Crippen LogP contribution is -2.27. The Morgan fingerprint density at radius 1 is 1.32 bits per heavy atom. The van der Waals surface area contributed by atoms with Gasteiger partial charge in [0.05, 0.1) is 29.5 Å². The quantitative estimate of drug-likeness (QED) is 0.475. The molecule has 0 aliphatic carbocycles. The SMILES string of the molecule is CCCCOC(=O)/C=C/c1cc2cc(C#N)ccc2n1C(=O)N(C)C. The van der Waals surface area contributed by atoms with Gasteiger partial charge >= 0.3 is 12.0 Å². The Labute approximate surface area is 146 Å². The number of ether oxygens (including phenoxy) is 1. The second kappa shape index (κ2) is 8.15. The number of benzene rings is 1. The predicted octanol–water partition coefficient (Wildman–Crippen LogP) is 3.40. The molecule has 1 amide bonds. The fourth-order valence-electron chi connectivity index (χ4n) is 2.36. The second-order valence-electron chi connectivity index (χ2n) is 5.82. The summed E-state index contributed by atoms with van der Waals surface area (Å²) in [6, 6.07) is 8.72. The highest BCUT2D eigenvalue weighted by molar-refractivity contribution is 5.97. The molecule has 0 saturated heterocycles. The molecule has 0 atom stereocenters. The third-order valence-corrected chi connectivity index (χ3v) is 3.67. The van der Waals surface area contributed by atoms with Crippen LogP contribution in [0.5, 0.6) is 0 Å². The standard InChI is InChI=1S/C19H21N3O3/c1-4-5-10-25-18(23)9-7-16-12-15-11-14(13-20)6-8-17(15)22(16)19(24)21(2)3/h6-9,11-12H,4-5,10H2,1-3H3/b9-7+. The largest absolute Gasteiger partial charge is 0.463 e. The van der Waals surface area contributed by atoms with Crippen LogP contribution >= 0.6 is 0 Å². The van der Waals surface area contributed by atoms with E-state index in [-0.39, 0.29) is 6.03 Å². The van der Waals surface area contributed by atoms with Gasteiger partial charge < -0.3 is 9.64 Å². The molecule has 130 valence electrons. The fraction of sp³-hybridized carbons (Fsp3) is 0.316. The van der Waals surface area contributed by atoms with Gasteiger partial charge in [-0.25, -0.2) is 9.59 Å². The van der Waals surface area contributed by atoms with Crippen LogP contribution < -0.4 is 0 Å². The molecule has 2 rings (SSSR count). The Morgan fingerprint density at radius 2 is 2.08 bits per heavy atom. The van der Waals surface area contributed by atoms with Gasteiger partial charge in [-0.2, -0.15) is 5.26 Å². The molecule has 0 spiro atoms. The molecule has 0 saturated carbocycles. The summed E-state index contributed by atoms with van der Waals surface area (Å²) in [6.45, 7) is 2.40. The van der Waals surface area contributed by atoms with Gasteiger partial charge in [0.1, 0.15) is 0 Å². The molecule has 1 aromatic heterocycles. The number of rotatable bonds is 5. The van der Waals surface area contributed by atoms with E-state index in [0.29, 0.717) is 23.4 Å². The first-order valence-corrected chi connectivity index (χ1v) is 8.10. The second-order valence-corrected chi connectivity index (χ2v) is 5.82. The van der Waals surface area contributed by atoms with Gasteiger partial charge in [0.25, 0.3) is 0 Å². The lowest BCUT2D eigenvalue weighted by atomic mass is 10.2.